The summed E-state index contributed by atoms with van der Waals surface area (Å²) in [4.78, 5) is 0. The molecule has 2 unspecified atom stereocenters. The maximum Gasteiger partial charge on any atom is 0.171 e. The van der Waals surface area contributed by atoms with E-state index < -0.39 is 0 Å². The molecule has 1 aromatic carbocycles. The van der Waals surface area contributed by atoms with Crippen molar-refractivity contribution in [1.29, 1.82) is 0 Å². The first-order chi connectivity index (χ1) is 8.97. The van der Waals surface area contributed by atoms with E-state index >= 15 is 0 Å². The Kier molecular flexibility index (Phi) is 4.71. The molecule has 0 aliphatic heterocycles. The smallest absolute Gasteiger partial charge is 0.171 e. The molecule has 3 nitrogen and oxygen atoms in total. The normalized spacial score (nSPS) is 14.2. The van der Waals surface area contributed by atoms with E-state index in [2.05, 4.69) is 31.9 Å². The highest BCUT2D eigenvalue weighted by molar-refractivity contribution is 9.11. The van der Waals surface area contributed by atoms with E-state index in [9.17, 15) is 0 Å². The first-order valence-corrected chi connectivity index (χ1v) is 7.49. The number of nitrogens with two attached hydrogens (primary N) is 1. The number of halogens is 2. The average Bonchev–Trinajstić information content (AvgIpc) is 2.74. The van der Waals surface area contributed by atoms with Gasteiger partial charge in [0.1, 0.15) is 17.3 Å². The molecule has 2 atom stereocenters. The molecule has 19 heavy (non-hydrogen) atoms. The number of ether oxygens (including phenoxy) is 1. The number of furan rings is 1. The van der Waals surface area contributed by atoms with Crippen molar-refractivity contribution in [3.05, 3.63) is 50.8 Å². The van der Waals surface area contributed by atoms with Crippen molar-refractivity contribution in [3.8, 4) is 5.75 Å². The average molecular weight is 389 g/mol. The molecule has 2 rings (SSSR count). The van der Waals surface area contributed by atoms with Crippen LogP contribution in [0.5, 0.6) is 5.75 Å². The highest BCUT2D eigenvalue weighted by atomic mass is 79.9. The number of rotatable bonds is 4. The fourth-order valence-electron chi connectivity index (χ4n) is 1.74. The van der Waals surface area contributed by atoms with E-state index in [4.69, 9.17) is 14.9 Å². The van der Waals surface area contributed by atoms with Crippen molar-refractivity contribution in [2.45, 2.75) is 26.0 Å². The zero-order chi connectivity index (χ0) is 14.0. The van der Waals surface area contributed by atoms with Crippen LogP contribution in [-0.4, -0.2) is 6.04 Å². The molecule has 0 aliphatic rings. The predicted octanol–water partition coefficient (Wildman–Crippen LogP) is 4.58. The molecule has 0 spiro atoms. The molecule has 1 heterocycles. The molecule has 1 aromatic heterocycles. The summed E-state index contributed by atoms with van der Waals surface area (Å²) >= 11 is 6.89. The Bertz CT molecular complexity index is 566. The number of hydrogen-bond acceptors (Lipinski definition) is 3. The molecule has 2 N–H and O–H groups in total. The fraction of sp³-hybridized carbons (Fsp3) is 0.286. The van der Waals surface area contributed by atoms with Crippen LogP contribution in [0.2, 0.25) is 0 Å². The Balaban J connectivity index is 2.26. The monoisotopic (exact) mass is 387 g/mol. The van der Waals surface area contributed by atoms with Gasteiger partial charge in [0.05, 0.1) is 4.47 Å². The van der Waals surface area contributed by atoms with E-state index in [1.807, 2.05) is 44.2 Å². The van der Waals surface area contributed by atoms with Crippen molar-refractivity contribution in [3.63, 3.8) is 0 Å². The van der Waals surface area contributed by atoms with Crippen molar-refractivity contribution in [1.82, 2.24) is 0 Å². The highest BCUT2D eigenvalue weighted by Gasteiger charge is 2.22. The van der Waals surface area contributed by atoms with Gasteiger partial charge in [-0.3, -0.25) is 0 Å². The van der Waals surface area contributed by atoms with Gasteiger partial charge >= 0.3 is 0 Å². The highest BCUT2D eigenvalue weighted by Crippen LogP contribution is 2.33. The molecule has 0 amide bonds. The Labute approximate surface area is 129 Å². The minimum absolute atomic E-state index is 0.180. The standard InChI is InChI=1S/C14H15Br2NO2/c1-8-3-5-13(18-8)14(9(2)17)19-12-6-4-10(15)7-11(12)16/h3-7,9,14H,17H2,1-2H3. The fourth-order valence-corrected chi connectivity index (χ4v) is 2.88. The summed E-state index contributed by atoms with van der Waals surface area (Å²) in [6, 6.07) is 9.37. The van der Waals surface area contributed by atoms with Gasteiger partial charge in [-0.15, -0.1) is 0 Å². The third-order valence-corrected chi connectivity index (χ3v) is 3.78. The van der Waals surface area contributed by atoms with Crippen molar-refractivity contribution < 1.29 is 9.15 Å². The molecule has 2 aromatic rings. The van der Waals surface area contributed by atoms with Crippen LogP contribution in [0.1, 0.15) is 24.5 Å². The quantitative estimate of drug-likeness (QED) is 0.833. The van der Waals surface area contributed by atoms with Gasteiger partial charge in [-0.1, -0.05) is 15.9 Å². The van der Waals surface area contributed by atoms with E-state index in [1.165, 1.54) is 0 Å². The zero-order valence-electron chi connectivity index (χ0n) is 10.7. The van der Waals surface area contributed by atoms with Crippen LogP contribution in [0.3, 0.4) is 0 Å². The molecule has 0 saturated carbocycles. The predicted molar refractivity (Wildman–Crippen MR) is 82.3 cm³/mol. The molecular weight excluding hydrogens is 374 g/mol. The van der Waals surface area contributed by atoms with Gasteiger partial charge in [-0.05, 0) is 60.1 Å². The van der Waals surface area contributed by atoms with Crippen LogP contribution in [0.4, 0.5) is 0 Å². The molecule has 0 radical (unpaired) electrons. The molecule has 0 aliphatic carbocycles. The number of aryl methyl sites for hydroxylation is 1. The molecule has 102 valence electrons. The largest absolute Gasteiger partial charge is 0.480 e. The minimum atomic E-state index is -0.314. The zero-order valence-corrected chi connectivity index (χ0v) is 13.9. The third kappa shape index (κ3) is 3.61. The molecule has 0 bridgehead atoms. The summed E-state index contributed by atoms with van der Waals surface area (Å²) in [5.41, 5.74) is 6.00. The lowest BCUT2D eigenvalue weighted by molar-refractivity contribution is 0.150. The van der Waals surface area contributed by atoms with Gasteiger partial charge < -0.3 is 14.9 Å². The maximum absolute atomic E-state index is 6.00. The van der Waals surface area contributed by atoms with Crippen LogP contribution in [0.25, 0.3) is 0 Å². The van der Waals surface area contributed by atoms with Gasteiger partial charge in [-0.2, -0.15) is 0 Å². The van der Waals surface area contributed by atoms with Crippen molar-refractivity contribution in [2.75, 3.05) is 0 Å². The van der Waals surface area contributed by atoms with E-state index in [-0.39, 0.29) is 12.1 Å². The summed E-state index contributed by atoms with van der Waals surface area (Å²) in [7, 11) is 0. The Hall–Kier alpha value is -0.780. The second-order valence-electron chi connectivity index (χ2n) is 4.42. The molecular formula is C14H15Br2NO2. The number of benzene rings is 1. The molecule has 5 heteroatoms. The van der Waals surface area contributed by atoms with E-state index in [1.54, 1.807) is 0 Å². The lowest BCUT2D eigenvalue weighted by Gasteiger charge is -2.21. The first kappa shape index (κ1) is 14.6. The van der Waals surface area contributed by atoms with E-state index in [0.29, 0.717) is 0 Å². The summed E-state index contributed by atoms with van der Waals surface area (Å²) in [5.74, 6) is 2.32. The topological polar surface area (TPSA) is 48.4 Å². The van der Waals surface area contributed by atoms with Gasteiger partial charge in [0, 0.05) is 10.5 Å². The lowest BCUT2D eigenvalue weighted by Crippen LogP contribution is -2.28. The van der Waals surface area contributed by atoms with Crippen LogP contribution in [-0.2, 0) is 0 Å². The second kappa shape index (κ2) is 6.11. The third-order valence-electron chi connectivity index (χ3n) is 2.67. The van der Waals surface area contributed by atoms with Crippen molar-refractivity contribution >= 4 is 31.9 Å². The summed E-state index contributed by atoms with van der Waals surface area (Å²) < 4.78 is 13.4. The lowest BCUT2D eigenvalue weighted by atomic mass is 10.1. The van der Waals surface area contributed by atoms with Crippen LogP contribution < -0.4 is 10.5 Å². The Morgan fingerprint density at radius 3 is 2.47 bits per heavy atom. The summed E-state index contributed by atoms with van der Waals surface area (Å²) in [5, 5.41) is 0. The summed E-state index contributed by atoms with van der Waals surface area (Å²) in [6.07, 6.45) is -0.314. The van der Waals surface area contributed by atoms with Gasteiger partial charge in [-0.25, -0.2) is 0 Å². The summed E-state index contributed by atoms with van der Waals surface area (Å²) in [6.45, 7) is 3.80. The van der Waals surface area contributed by atoms with Gasteiger partial charge in [0.2, 0.25) is 0 Å². The SMILES string of the molecule is Cc1ccc(C(Oc2ccc(Br)cc2Br)C(C)N)o1. The van der Waals surface area contributed by atoms with Gasteiger partial charge in [0.25, 0.3) is 0 Å². The molecule has 0 saturated heterocycles. The second-order valence-corrected chi connectivity index (χ2v) is 6.19. The Morgan fingerprint density at radius 1 is 1.21 bits per heavy atom. The van der Waals surface area contributed by atoms with E-state index in [0.717, 1.165) is 26.2 Å². The van der Waals surface area contributed by atoms with Gasteiger partial charge in [0.15, 0.2) is 6.10 Å². The van der Waals surface area contributed by atoms with Crippen LogP contribution in [0.15, 0.2) is 43.7 Å². The number of hydrogen-bond donors (Lipinski definition) is 1. The molecule has 0 fully saturated rings. The Morgan fingerprint density at radius 2 is 1.95 bits per heavy atom. The van der Waals surface area contributed by atoms with Crippen LogP contribution >= 0.6 is 31.9 Å². The van der Waals surface area contributed by atoms with Crippen LogP contribution in [0, 0.1) is 6.92 Å². The maximum atomic E-state index is 6.00. The minimum Gasteiger partial charge on any atom is -0.480 e. The van der Waals surface area contributed by atoms with Crippen molar-refractivity contribution in [2.24, 2.45) is 5.73 Å². The first-order valence-electron chi connectivity index (χ1n) is 5.91.